The van der Waals surface area contributed by atoms with Gasteiger partial charge >= 0.3 is 0 Å². The Labute approximate surface area is 160 Å². The largest absolute Gasteiger partial charge is 0.356 e. The number of nitrogens with one attached hydrogen (secondary N) is 2. The maximum absolute atomic E-state index is 12.0. The lowest BCUT2D eigenvalue weighted by Crippen LogP contribution is -2.35. The van der Waals surface area contributed by atoms with Crippen molar-refractivity contribution >= 4 is 44.2 Å². The van der Waals surface area contributed by atoms with Crippen molar-refractivity contribution in [2.24, 2.45) is 5.41 Å². The van der Waals surface area contributed by atoms with Gasteiger partial charge in [0.1, 0.15) is 0 Å². The van der Waals surface area contributed by atoms with Gasteiger partial charge in [-0.1, -0.05) is 48.8 Å². The predicted octanol–water partition coefficient (Wildman–Crippen LogP) is 4.45. The fourth-order valence-corrected chi connectivity index (χ4v) is 3.14. The average molecular weight is 424 g/mol. The summed E-state index contributed by atoms with van der Waals surface area (Å²) in [5.74, 6) is -0.105. The zero-order valence-electron chi connectivity index (χ0n) is 14.6. The van der Waals surface area contributed by atoms with Crippen molar-refractivity contribution in [3.05, 3.63) is 34.1 Å². The lowest BCUT2D eigenvalue weighted by molar-refractivity contribution is -0.128. The Kier molecular flexibility index (Phi) is 6.72. The van der Waals surface area contributed by atoms with Gasteiger partial charge in [-0.05, 0) is 18.6 Å². The highest BCUT2D eigenvalue weighted by atomic mass is 79.9. The summed E-state index contributed by atoms with van der Waals surface area (Å²) in [5, 5.41) is 8.15. The SMILES string of the molecule is CC(C)(C)C(=O)NCCCC(=O)Nc1nc(-c2cccc(Br)c2)cs1. The second-order valence-electron chi connectivity index (χ2n) is 6.71. The molecule has 0 aliphatic rings. The molecule has 2 aromatic rings. The maximum Gasteiger partial charge on any atom is 0.226 e. The van der Waals surface area contributed by atoms with Crippen LogP contribution in [0.5, 0.6) is 0 Å². The molecule has 0 saturated carbocycles. The van der Waals surface area contributed by atoms with E-state index in [2.05, 4.69) is 31.5 Å². The van der Waals surface area contributed by atoms with Crippen LogP contribution < -0.4 is 10.6 Å². The van der Waals surface area contributed by atoms with Gasteiger partial charge in [-0.25, -0.2) is 4.98 Å². The summed E-state index contributed by atoms with van der Waals surface area (Å²) in [6, 6.07) is 7.86. The van der Waals surface area contributed by atoms with Crippen molar-refractivity contribution in [1.29, 1.82) is 0 Å². The Balaban J connectivity index is 1.79. The molecule has 0 aliphatic heterocycles. The molecule has 0 atom stereocenters. The van der Waals surface area contributed by atoms with Gasteiger partial charge in [0.25, 0.3) is 0 Å². The summed E-state index contributed by atoms with van der Waals surface area (Å²) < 4.78 is 0.987. The molecule has 0 bridgehead atoms. The van der Waals surface area contributed by atoms with E-state index in [0.29, 0.717) is 24.5 Å². The molecule has 134 valence electrons. The average Bonchev–Trinajstić information content (AvgIpc) is 2.99. The zero-order chi connectivity index (χ0) is 18.4. The topological polar surface area (TPSA) is 71.1 Å². The third-order valence-corrected chi connectivity index (χ3v) is 4.67. The second kappa shape index (κ2) is 8.58. The van der Waals surface area contributed by atoms with Crippen LogP contribution in [0.25, 0.3) is 11.3 Å². The Bertz CT molecular complexity index is 753. The highest BCUT2D eigenvalue weighted by Gasteiger charge is 2.20. The number of rotatable bonds is 6. The van der Waals surface area contributed by atoms with E-state index in [9.17, 15) is 9.59 Å². The number of anilines is 1. The Morgan fingerprint density at radius 3 is 2.72 bits per heavy atom. The van der Waals surface area contributed by atoms with Crippen molar-refractivity contribution in [2.45, 2.75) is 33.6 Å². The normalized spacial score (nSPS) is 11.2. The fraction of sp³-hybridized carbons (Fsp3) is 0.389. The van der Waals surface area contributed by atoms with Crippen molar-refractivity contribution in [3.8, 4) is 11.3 Å². The van der Waals surface area contributed by atoms with E-state index in [-0.39, 0.29) is 11.8 Å². The molecule has 2 amide bonds. The predicted molar refractivity (Wildman–Crippen MR) is 106 cm³/mol. The monoisotopic (exact) mass is 423 g/mol. The molecule has 25 heavy (non-hydrogen) atoms. The van der Waals surface area contributed by atoms with E-state index in [0.717, 1.165) is 15.7 Å². The standard InChI is InChI=1S/C18H22BrN3O2S/c1-18(2,3)16(24)20-9-5-8-15(23)22-17-21-14(11-25-17)12-6-4-7-13(19)10-12/h4,6-7,10-11H,5,8-9H2,1-3H3,(H,20,24)(H,21,22,23). The van der Waals surface area contributed by atoms with Gasteiger partial charge < -0.3 is 10.6 Å². The highest BCUT2D eigenvalue weighted by Crippen LogP contribution is 2.26. The summed E-state index contributed by atoms with van der Waals surface area (Å²) in [6.45, 7) is 6.08. The number of nitrogens with zero attached hydrogens (tertiary/aromatic N) is 1. The number of halogens is 1. The van der Waals surface area contributed by atoms with E-state index in [1.54, 1.807) is 0 Å². The Morgan fingerprint density at radius 1 is 1.28 bits per heavy atom. The third-order valence-electron chi connectivity index (χ3n) is 3.42. The minimum absolute atomic E-state index is 0.00787. The van der Waals surface area contributed by atoms with Crippen molar-refractivity contribution < 1.29 is 9.59 Å². The van der Waals surface area contributed by atoms with Gasteiger partial charge in [0.05, 0.1) is 5.69 Å². The molecule has 0 unspecified atom stereocenters. The molecule has 2 rings (SSSR count). The first-order valence-electron chi connectivity index (χ1n) is 8.05. The smallest absolute Gasteiger partial charge is 0.226 e. The number of thiazole rings is 1. The lowest BCUT2D eigenvalue weighted by Gasteiger charge is -2.17. The van der Waals surface area contributed by atoms with Crippen LogP contribution in [-0.4, -0.2) is 23.3 Å². The van der Waals surface area contributed by atoms with E-state index >= 15 is 0 Å². The molecule has 0 aliphatic carbocycles. The van der Waals surface area contributed by atoms with Crippen LogP contribution >= 0.6 is 27.3 Å². The van der Waals surface area contributed by atoms with Crippen LogP contribution in [0.4, 0.5) is 5.13 Å². The minimum atomic E-state index is -0.411. The molecule has 0 saturated heterocycles. The van der Waals surface area contributed by atoms with E-state index < -0.39 is 5.41 Å². The van der Waals surface area contributed by atoms with Crippen LogP contribution in [0.2, 0.25) is 0 Å². The van der Waals surface area contributed by atoms with E-state index in [1.807, 2.05) is 50.4 Å². The molecule has 0 fully saturated rings. The molecule has 0 spiro atoms. The van der Waals surface area contributed by atoms with Gasteiger partial charge in [-0.15, -0.1) is 11.3 Å². The molecule has 5 nitrogen and oxygen atoms in total. The van der Waals surface area contributed by atoms with Crippen molar-refractivity contribution in [1.82, 2.24) is 10.3 Å². The van der Waals surface area contributed by atoms with Crippen molar-refractivity contribution in [2.75, 3.05) is 11.9 Å². The summed E-state index contributed by atoms with van der Waals surface area (Å²) >= 11 is 4.84. The lowest BCUT2D eigenvalue weighted by atomic mass is 9.96. The fourth-order valence-electron chi connectivity index (χ4n) is 2.01. The summed E-state index contributed by atoms with van der Waals surface area (Å²) in [4.78, 5) is 28.2. The number of benzene rings is 1. The second-order valence-corrected chi connectivity index (χ2v) is 8.48. The van der Waals surface area contributed by atoms with Crippen LogP contribution in [0.15, 0.2) is 34.1 Å². The van der Waals surface area contributed by atoms with Gasteiger partial charge in [-0.2, -0.15) is 0 Å². The summed E-state index contributed by atoms with van der Waals surface area (Å²) in [7, 11) is 0. The first-order chi connectivity index (χ1) is 11.8. The van der Waals surface area contributed by atoms with Crippen LogP contribution in [0, 0.1) is 5.41 Å². The number of amides is 2. The molecule has 1 aromatic heterocycles. The molecule has 2 N–H and O–H groups in total. The quantitative estimate of drug-likeness (QED) is 0.673. The molecular formula is C18H22BrN3O2S. The summed E-state index contributed by atoms with van der Waals surface area (Å²) in [5.41, 5.74) is 1.42. The first kappa shape index (κ1) is 19.6. The van der Waals surface area contributed by atoms with Gasteiger partial charge in [-0.3, -0.25) is 9.59 Å². The number of carbonyl (C=O) groups excluding carboxylic acids is 2. The first-order valence-corrected chi connectivity index (χ1v) is 9.72. The molecule has 7 heteroatoms. The molecular weight excluding hydrogens is 402 g/mol. The number of hydrogen-bond donors (Lipinski definition) is 2. The highest BCUT2D eigenvalue weighted by molar-refractivity contribution is 9.10. The molecule has 1 aromatic carbocycles. The third kappa shape index (κ3) is 6.25. The number of carbonyl (C=O) groups is 2. The maximum atomic E-state index is 12.0. The Hall–Kier alpha value is -1.73. The van der Waals surface area contributed by atoms with Crippen LogP contribution in [0.1, 0.15) is 33.6 Å². The van der Waals surface area contributed by atoms with E-state index in [1.165, 1.54) is 11.3 Å². The number of aromatic nitrogens is 1. The Morgan fingerprint density at radius 2 is 2.04 bits per heavy atom. The van der Waals surface area contributed by atoms with Crippen molar-refractivity contribution in [3.63, 3.8) is 0 Å². The van der Waals surface area contributed by atoms with E-state index in [4.69, 9.17) is 0 Å². The summed E-state index contributed by atoms with van der Waals surface area (Å²) in [6.07, 6.45) is 0.938. The molecule has 0 radical (unpaired) electrons. The zero-order valence-corrected chi connectivity index (χ0v) is 17.0. The van der Waals surface area contributed by atoms with Crippen LogP contribution in [-0.2, 0) is 9.59 Å². The number of hydrogen-bond acceptors (Lipinski definition) is 4. The minimum Gasteiger partial charge on any atom is -0.356 e. The van der Waals surface area contributed by atoms with Gasteiger partial charge in [0.2, 0.25) is 11.8 Å². The van der Waals surface area contributed by atoms with Gasteiger partial charge in [0, 0.05) is 33.8 Å². The van der Waals surface area contributed by atoms with Crippen LogP contribution in [0.3, 0.4) is 0 Å². The van der Waals surface area contributed by atoms with Gasteiger partial charge in [0.15, 0.2) is 5.13 Å². The molecule has 1 heterocycles.